The molecule has 0 aliphatic heterocycles. The van der Waals surface area contributed by atoms with Gasteiger partial charge in [-0.1, -0.05) is 6.92 Å². The number of fused-ring (bicyclic) bond motifs is 2. The number of carbonyl (C=O) groups is 2. The van der Waals surface area contributed by atoms with Crippen LogP contribution in [-0.2, 0) is 4.79 Å². The van der Waals surface area contributed by atoms with Gasteiger partial charge in [0.05, 0.1) is 16.5 Å². The molecule has 0 aliphatic rings. The predicted octanol–water partition coefficient (Wildman–Crippen LogP) is 2.41. The molecule has 0 saturated heterocycles. The van der Waals surface area contributed by atoms with Crippen LogP contribution in [0.5, 0.6) is 0 Å². The number of imidazole rings is 1. The van der Waals surface area contributed by atoms with E-state index in [2.05, 4.69) is 40.4 Å². The molecule has 0 aliphatic carbocycles. The minimum Gasteiger partial charge on any atom is -0.366 e. The minimum absolute atomic E-state index is 0.101. The monoisotopic (exact) mass is 427 g/mol. The van der Waals surface area contributed by atoms with Gasteiger partial charge in [-0.2, -0.15) is 5.10 Å². The molecule has 0 aromatic carbocycles. The first-order chi connectivity index (χ1) is 15.5. The van der Waals surface area contributed by atoms with E-state index in [4.69, 9.17) is 5.73 Å². The summed E-state index contributed by atoms with van der Waals surface area (Å²) in [5, 5.41) is 10.6. The molecule has 32 heavy (non-hydrogen) atoms. The number of carbonyl (C=O) groups excluding carboxylic acids is 2. The van der Waals surface area contributed by atoms with Crippen LogP contribution in [0.3, 0.4) is 0 Å². The second-order valence-corrected chi connectivity index (χ2v) is 7.03. The first kappa shape index (κ1) is 19.3. The molecule has 5 aromatic rings. The normalized spacial score (nSPS) is 11.2. The molecule has 5 heterocycles. The highest BCUT2D eigenvalue weighted by atomic mass is 16.2. The number of nitrogens with one attached hydrogen (secondary N) is 3. The average Bonchev–Trinajstić information content (AvgIpc) is 3.42. The molecular weight excluding hydrogens is 410 g/mol. The number of amides is 2. The zero-order chi connectivity index (χ0) is 22.2. The Balaban J connectivity index is 1.55. The summed E-state index contributed by atoms with van der Waals surface area (Å²) in [5.41, 5.74) is 9.33. The summed E-state index contributed by atoms with van der Waals surface area (Å²) in [7, 11) is 0. The smallest absolute Gasteiger partial charge is 0.251 e. The van der Waals surface area contributed by atoms with E-state index in [0.717, 1.165) is 16.5 Å². The molecule has 11 nitrogen and oxygen atoms in total. The molecule has 5 aromatic heterocycles. The van der Waals surface area contributed by atoms with E-state index in [9.17, 15) is 9.59 Å². The van der Waals surface area contributed by atoms with Gasteiger partial charge in [-0.3, -0.25) is 14.7 Å². The van der Waals surface area contributed by atoms with Crippen LogP contribution in [0.15, 0.2) is 42.9 Å². The number of hydrogen-bond donors (Lipinski definition) is 4. The van der Waals surface area contributed by atoms with Crippen molar-refractivity contribution in [3.05, 3.63) is 48.4 Å². The molecule has 5 N–H and O–H groups in total. The minimum atomic E-state index is -0.572. The van der Waals surface area contributed by atoms with Gasteiger partial charge < -0.3 is 16.0 Å². The largest absolute Gasteiger partial charge is 0.366 e. The number of nitrogens with zero attached hydrogens (tertiary/aromatic N) is 5. The molecule has 0 radical (unpaired) electrons. The lowest BCUT2D eigenvalue weighted by atomic mass is 10.1. The van der Waals surface area contributed by atoms with Crippen molar-refractivity contribution in [3.63, 3.8) is 0 Å². The second-order valence-electron chi connectivity index (χ2n) is 7.03. The maximum atomic E-state index is 11.7. The quantitative estimate of drug-likeness (QED) is 0.334. The van der Waals surface area contributed by atoms with Gasteiger partial charge >= 0.3 is 0 Å². The van der Waals surface area contributed by atoms with Gasteiger partial charge in [-0.05, 0) is 24.3 Å². The maximum absolute atomic E-state index is 11.7. The topological polar surface area (TPSA) is 168 Å². The number of primary amides is 1. The van der Waals surface area contributed by atoms with E-state index in [1.165, 1.54) is 12.3 Å². The standard InChI is InChI=1S/C21H17N9O2/c1-2-15(31)26-14-4-3-10(8-24-14)11-7-13-17(29-30-19(13)25-9-11)21-27-16-12(18(22)32)5-6-23-20(16)28-21/h3-9H,2H2,1H3,(H2,22,32)(H,23,27,28)(H,24,26,31)(H,25,29,30). The lowest BCUT2D eigenvalue weighted by Crippen LogP contribution is -2.11. The van der Waals surface area contributed by atoms with E-state index in [-0.39, 0.29) is 5.91 Å². The molecule has 158 valence electrons. The molecule has 5 rings (SSSR count). The number of nitrogens with two attached hydrogens (primary N) is 1. The molecule has 11 heteroatoms. The van der Waals surface area contributed by atoms with Gasteiger partial charge in [-0.15, -0.1) is 0 Å². The number of pyridine rings is 3. The third kappa shape index (κ3) is 3.31. The summed E-state index contributed by atoms with van der Waals surface area (Å²) in [6.07, 6.45) is 5.22. The van der Waals surface area contributed by atoms with Crippen LogP contribution in [0.2, 0.25) is 0 Å². The highest BCUT2D eigenvalue weighted by molar-refractivity contribution is 6.04. The Kier molecular flexibility index (Phi) is 4.55. The zero-order valence-corrected chi connectivity index (χ0v) is 16.9. The summed E-state index contributed by atoms with van der Waals surface area (Å²) >= 11 is 0. The van der Waals surface area contributed by atoms with Crippen LogP contribution in [0.1, 0.15) is 23.7 Å². The third-order valence-electron chi connectivity index (χ3n) is 4.99. The number of rotatable bonds is 5. The van der Waals surface area contributed by atoms with Crippen LogP contribution in [0, 0.1) is 0 Å². The first-order valence-electron chi connectivity index (χ1n) is 9.78. The zero-order valence-electron chi connectivity index (χ0n) is 16.9. The molecule has 2 amide bonds. The van der Waals surface area contributed by atoms with Gasteiger partial charge in [0.2, 0.25) is 5.91 Å². The Morgan fingerprint density at radius 3 is 2.66 bits per heavy atom. The fraction of sp³-hybridized carbons (Fsp3) is 0.0952. The SMILES string of the molecule is CCC(=O)Nc1ccc(-c2cnc3n[nH]c(-c4nc5nccc(C(N)=O)c5[nH]4)c3c2)cn1. The van der Waals surface area contributed by atoms with Crippen molar-refractivity contribution >= 4 is 39.8 Å². The number of anilines is 1. The molecular formula is C21H17N9O2. The summed E-state index contributed by atoms with van der Waals surface area (Å²) < 4.78 is 0. The highest BCUT2D eigenvalue weighted by Crippen LogP contribution is 2.29. The lowest BCUT2D eigenvalue weighted by molar-refractivity contribution is -0.115. The van der Waals surface area contributed by atoms with E-state index >= 15 is 0 Å². The van der Waals surface area contributed by atoms with Crippen molar-refractivity contribution in [2.24, 2.45) is 5.73 Å². The van der Waals surface area contributed by atoms with Crippen LogP contribution >= 0.6 is 0 Å². The molecule has 0 atom stereocenters. The van der Waals surface area contributed by atoms with E-state index < -0.39 is 5.91 Å². The van der Waals surface area contributed by atoms with Crippen molar-refractivity contribution < 1.29 is 9.59 Å². The number of aromatic amines is 2. The van der Waals surface area contributed by atoms with E-state index in [1.807, 2.05) is 12.1 Å². The summed E-state index contributed by atoms with van der Waals surface area (Å²) in [6, 6.07) is 7.04. The van der Waals surface area contributed by atoms with Gasteiger partial charge in [-0.25, -0.2) is 19.9 Å². The Morgan fingerprint density at radius 1 is 1.06 bits per heavy atom. The fourth-order valence-electron chi connectivity index (χ4n) is 3.34. The summed E-state index contributed by atoms with van der Waals surface area (Å²) in [5.74, 6) is 0.269. The van der Waals surface area contributed by atoms with Crippen molar-refractivity contribution in [1.82, 2.24) is 35.1 Å². The van der Waals surface area contributed by atoms with E-state index in [0.29, 0.717) is 46.1 Å². The Hall–Kier alpha value is -4.67. The first-order valence-corrected chi connectivity index (χ1v) is 9.78. The van der Waals surface area contributed by atoms with E-state index in [1.54, 1.807) is 25.4 Å². The number of hydrogen-bond acceptors (Lipinski definition) is 7. The number of aromatic nitrogens is 7. The second kappa shape index (κ2) is 7.54. The van der Waals surface area contributed by atoms with Crippen molar-refractivity contribution in [1.29, 1.82) is 0 Å². The van der Waals surface area contributed by atoms with Crippen molar-refractivity contribution in [2.45, 2.75) is 13.3 Å². The Morgan fingerprint density at radius 2 is 1.91 bits per heavy atom. The molecule has 0 saturated carbocycles. The molecule has 0 unspecified atom stereocenters. The van der Waals surface area contributed by atoms with Crippen LogP contribution in [0.4, 0.5) is 5.82 Å². The van der Waals surface area contributed by atoms with Crippen molar-refractivity contribution in [2.75, 3.05) is 5.32 Å². The highest BCUT2D eigenvalue weighted by Gasteiger charge is 2.17. The van der Waals surface area contributed by atoms with Crippen LogP contribution in [0.25, 0.3) is 44.8 Å². The fourth-order valence-corrected chi connectivity index (χ4v) is 3.34. The predicted molar refractivity (Wildman–Crippen MR) is 117 cm³/mol. The third-order valence-corrected chi connectivity index (χ3v) is 4.99. The maximum Gasteiger partial charge on any atom is 0.251 e. The Labute approximate surface area is 180 Å². The molecule has 0 spiro atoms. The van der Waals surface area contributed by atoms with Crippen LogP contribution in [-0.4, -0.2) is 46.9 Å². The van der Waals surface area contributed by atoms with Gasteiger partial charge in [0.15, 0.2) is 17.1 Å². The van der Waals surface area contributed by atoms with Crippen molar-refractivity contribution in [3.8, 4) is 22.6 Å². The lowest BCUT2D eigenvalue weighted by Gasteiger charge is -2.05. The average molecular weight is 427 g/mol. The van der Waals surface area contributed by atoms with Gasteiger partial charge in [0.1, 0.15) is 11.5 Å². The number of H-pyrrole nitrogens is 2. The molecule has 0 fully saturated rings. The molecule has 0 bridgehead atoms. The summed E-state index contributed by atoms with van der Waals surface area (Å²) in [4.78, 5) is 43.7. The Bertz CT molecular complexity index is 1480. The van der Waals surface area contributed by atoms with Gasteiger partial charge in [0, 0.05) is 36.1 Å². The summed E-state index contributed by atoms with van der Waals surface area (Å²) in [6.45, 7) is 1.78. The van der Waals surface area contributed by atoms with Gasteiger partial charge in [0.25, 0.3) is 5.91 Å². The van der Waals surface area contributed by atoms with Crippen LogP contribution < -0.4 is 11.1 Å².